The predicted octanol–water partition coefficient (Wildman–Crippen LogP) is 7.21. The van der Waals surface area contributed by atoms with E-state index in [0.717, 1.165) is 25.7 Å². The number of hydrogen-bond donors (Lipinski definition) is 1. The van der Waals surface area contributed by atoms with Crippen molar-refractivity contribution < 1.29 is 9.90 Å². The molecule has 1 atom stereocenters. The van der Waals surface area contributed by atoms with Crippen molar-refractivity contribution in [1.29, 1.82) is 0 Å². The van der Waals surface area contributed by atoms with E-state index < -0.39 is 5.97 Å². The number of unbranched alkanes of at least 4 members (excludes halogenated alkanes) is 11. The van der Waals surface area contributed by atoms with Crippen molar-refractivity contribution >= 4 is 5.97 Å². The maximum Gasteiger partial charge on any atom is 0.306 e. The molecule has 2 heteroatoms. The van der Waals surface area contributed by atoms with E-state index in [9.17, 15) is 9.90 Å². The molecule has 0 aliphatic carbocycles. The highest BCUT2D eigenvalue weighted by Crippen LogP contribution is 2.20. The van der Waals surface area contributed by atoms with Gasteiger partial charge in [0.05, 0.1) is 5.92 Å². The van der Waals surface area contributed by atoms with E-state index in [4.69, 9.17) is 0 Å². The lowest BCUT2D eigenvalue weighted by Gasteiger charge is -2.13. The highest BCUT2D eigenvalue weighted by molar-refractivity contribution is 5.69. The molecule has 1 unspecified atom stereocenters. The monoisotopic (exact) mass is 326 g/mol. The van der Waals surface area contributed by atoms with Gasteiger partial charge in [0.25, 0.3) is 0 Å². The second kappa shape index (κ2) is 16.3. The molecule has 138 valence electrons. The molecule has 0 fully saturated rings. The van der Waals surface area contributed by atoms with Crippen molar-refractivity contribution in [3.63, 3.8) is 0 Å². The summed E-state index contributed by atoms with van der Waals surface area (Å²) in [5.74, 6) is -0.0898. The third-order valence-electron chi connectivity index (χ3n) is 4.85. The SMILES string of the molecule is CCCCCCCCCCCCCCC(CCC(C)C)C(=O)O. The molecule has 2 nitrogen and oxygen atoms in total. The van der Waals surface area contributed by atoms with Crippen LogP contribution < -0.4 is 0 Å². The van der Waals surface area contributed by atoms with E-state index in [2.05, 4.69) is 20.8 Å². The lowest BCUT2D eigenvalue weighted by atomic mass is 9.93. The van der Waals surface area contributed by atoms with Crippen molar-refractivity contribution in [2.75, 3.05) is 0 Å². The summed E-state index contributed by atoms with van der Waals surface area (Å²) in [6, 6.07) is 0. The summed E-state index contributed by atoms with van der Waals surface area (Å²) in [7, 11) is 0. The number of carboxylic acid groups (broad SMARTS) is 1. The Morgan fingerprint density at radius 2 is 1.13 bits per heavy atom. The quantitative estimate of drug-likeness (QED) is 0.287. The lowest BCUT2D eigenvalue weighted by molar-refractivity contribution is -0.142. The van der Waals surface area contributed by atoms with Crippen LogP contribution in [0, 0.1) is 11.8 Å². The average Bonchev–Trinajstić information content (AvgIpc) is 2.50. The Morgan fingerprint density at radius 1 is 0.696 bits per heavy atom. The summed E-state index contributed by atoms with van der Waals surface area (Å²) < 4.78 is 0. The second-order valence-electron chi connectivity index (χ2n) is 7.68. The molecule has 0 rings (SSSR count). The molecule has 0 bridgehead atoms. The number of carboxylic acids is 1. The van der Waals surface area contributed by atoms with Gasteiger partial charge >= 0.3 is 5.97 Å². The second-order valence-corrected chi connectivity index (χ2v) is 7.68. The van der Waals surface area contributed by atoms with Gasteiger partial charge < -0.3 is 5.11 Å². The normalized spacial score (nSPS) is 12.7. The van der Waals surface area contributed by atoms with Crippen LogP contribution in [0.1, 0.15) is 117 Å². The Bertz CT molecular complexity index is 261. The molecule has 0 aliphatic heterocycles. The first-order valence-corrected chi connectivity index (χ1v) is 10.3. The van der Waals surface area contributed by atoms with Crippen LogP contribution in [0.3, 0.4) is 0 Å². The van der Waals surface area contributed by atoms with Crippen molar-refractivity contribution in [2.24, 2.45) is 11.8 Å². The smallest absolute Gasteiger partial charge is 0.306 e. The Kier molecular flexibility index (Phi) is 16.0. The molecule has 0 saturated carbocycles. The number of hydrogen-bond acceptors (Lipinski definition) is 1. The molecule has 0 amide bonds. The van der Waals surface area contributed by atoms with Gasteiger partial charge in [-0.15, -0.1) is 0 Å². The molecular formula is C21H42O2. The average molecular weight is 327 g/mol. The zero-order valence-corrected chi connectivity index (χ0v) is 16.1. The zero-order valence-electron chi connectivity index (χ0n) is 16.1. The van der Waals surface area contributed by atoms with Crippen molar-refractivity contribution in [3.05, 3.63) is 0 Å². The maximum atomic E-state index is 11.2. The van der Waals surface area contributed by atoms with Crippen LogP contribution in [0.25, 0.3) is 0 Å². The zero-order chi connectivity index (χ0) is 17.3. The molecular weight excluding hydrogens is 284 g/mol. The van der Waals surface area contributed by atoms with E-state index in [1.54, 1.807) is 0 Å². The fourth-order valence-corrected chi connectivity index (χ4v) is 3.16. The minimum atomic E-state index is -0.589. The van der Waals surface area contributed by atoms with E-state index in [1.807, 2.05) is 0 Å². The number of carbonyl (C=O) groups is 1. The van der Waals surface area contributed by atoms with Gasteiger partial charge in [0.15, 0.2) is 0 Å². The van der Waals surface area contributed by atoms with Gasteiger partial charge in [0, 0.05) is 0 Å². The van der Waals surface area contributed by atoms with Crippen molar-refractivity contribution in [2.45, 2.75) is 117 Å². The van der Waals surface area contributed by atoms with E-state index in [-0.39, 0.29) is 5.92 Å². The molecule has 0 radical (unpaired) electrons. The van der Waals surface area contributed by atoms with Gasteiger partial charge in [0.2, 0.25) is 0 Å². The minimum absolute atomic E-state index is 0.111. The van der Waals surface area contributed by atoms with Gasteiger partial charge in [0.1, 0.15) is 0 Å². The molecule has 0 saturated heterocycles. The Morgan fingerprint density at radius 3 is 1.52 bits per heavy atom. The third-order valence-corrected chi connectivity index (χ3v) is 4.85. The van der Waals surface area contributed by atoms with Crippen molar-refractivity contribution in [3.8, 4) is 0 Å². The Balaban J connectivity index is 3.37. The summed E-state index contributed by atoms with van der Waals surface area (Å²) in [6.07, 6.45) is 18.8. The van der Waals surface area contributed by atoms with Gasteiger partial charge in [-0.2, -0.15) is 0 Å². The summed E-state index contributed by atoms with van der Waals surface area (Å²) in [5.41, 5.74) is 0. The fourth-order valence-electron chi connectivity index (χ4n) is 3.16. The highest BCUT2D eigenvalue weighted by atomic mass is 16.4. The van der Waals surface area contributed by atoms with E-state index in [0.29, 0.717) is 5.92 Å². The standard InChI is InChI=1S/C21H42O2/c1-4-5-6-7-8-9-10-11-12-13-14-15-16-20(21(22)23)18-17-19(2)3/h19-20H,4-18H2,1-3H3,(H,22,23). The van der Waals surface area contributed by atoms with Gasteiger partial charge in [-0.25, -0.2) is 0 Å². The fraction of sp³-hybridized carbons (Fsp3) is 0.952. The number of rotatable bonds is 17. The third kappa shape index (κ3) is 16.1. The lowest BCUT2D eigenvalue weighted by Crippen LogP contribution is -2.14. The largest absolute Gasteiger partial charge is 0.481 e. The molecule has 0 heterocycles. The van der Waals surface area contributed by atoms with E-state index >= 15 is 0 Å². The van der Waals surface area contributed by atoms with Gasteiger partial charge in [-0.3, -0.25) is 4.79 Å². The Labute approximate surface area is 145 Å². The van der Waals surface area contributed by atoms with Gasteiger partial charge in [-0.1, -0.05) is 104 Å². The van der Waals surface area contributed by atoms with Crippen LogP contribution >= 0.6 is 0 Å². The molecule has 23 heavy (non-hydrogen) atoms. The first kappa shape index (κ1) is 22.5. The first-order chi connectivity index (χ1) is 11.1. The summed E-state index contributed by atoms with van der Waals surface area (Å²) >= 11 is 0. The van der Waals surface area contributed by atoms with Crippen LogP contribution in [0.15, 0.2) is 0 Å². The summed E-state index contributed by atoms with van der Waals surface area (Å²) in [6.45, 7) is 6.61. The maximum absolute atomic E-state index is 11.2. The van der Waals surface area contributed by atoms with Crippen molar-refractivity contribution in [1.82, 2.24) is 0 Å². The highest BCUT2D eigenvalue weighted by Gasteiger charge is 2.16. The van der Waals surface area contributed by atoms with Crippen LogP contribution in [0.2, 0.25) is 0 Å². The molecule has 0 spiro atoms. The van der Waals surface area contributed by atoms with Crippen LogP contribution in [0.4, 0.5) is 0 Å². The summed E-state index contributed by atoms with van der Waals surface area (Å²) in [5, 5.41) is 9.26. The summed E-state index contributed by atoms with van der Waals surface area (Å²) in [4.78, 5) is 11.2. The first-order valence-electron chi connectivity index (χ1n) is 10.3. The molecule has 1 N–H and O–H groups in total. The Hall–Kier alpha value is -0.530. The van der Waals surface area contributed by atoms with Crippen LogP contribution in [0.5, 0.6) is 0 Å². The predicted molar refractivity (Wildman–Crippen MR) is 101 cm³/mol. The number of aliphatic carboxylic acids is 1. The van der Waals surface area contributed by atoms with Crippen LogP contribution in [-0.2, 0) is 4.79 Å². The molecule has 0 aromatic carbocycles. The minimum Gasteiger partial charge on any atom is -0.481 e. The molecule has 0 aromatic heterocycles. The van der Waals surface area contributed by atoms with Crippen LogP contribution in [-0.4, -0.2) is 11.1 Å². The molecule has 0 aromatic rings. The van der Waals surface area contributed by atoms with Gasteiger partial charge in [-0.05, 0) is 18.8 Å². The topological polar surface area (TPSA) is 37.3 Å². The molecule has 0 aliphatic rings. The van der Waals surface area contributed by atoms with E-state index in [1.165, 1.54) is 70.6 Å².